The first-order valence-electron chi connectivity index (χ1n) is 29.7. The average molecular weight is 1050 g/mol. The number of hydrogen-bond acceptors (Lipinski definition) is 1. The maximum atomic E-state index is 16.3. The minimum Gasteiger partial charge on any atom is -0.0736 e. The molecule has 2 aliphatic rings. The molecule has 1 aliphatic carbocycles. The molecule has 0 aromatic heterocycles. The summed E-state index contributed by atoms with van der Waals surface area (Å²) in [5.74, 6) is 0.109. The lowest BCUT2D eigenvalue weighted by Crippen LogP contribution is -2.45. The Morgan fingerprint density at radius 3 is 0.658 bits per heavy atom. The van der Waals surface area contributed by atoms with Crippen LogP contribution in [0.2, 0.25) is 0 Å². The highest BCUT2D eigenvalue weighted by molar-refractivity contribution is 7.39. The zero-order chi connectivity index (χ0) is 57.7. The van der Waals surface area contributed by atoms with E-state index in [-0.39, 0.29) is 78.1 Å². The number of hydrogen-bond donors (Lipinski definition) is 0. The van der Waals surface area contributed by atoms with Crippen LogP contribution < -0.4 is 0 Å². The summed E-state index contributed by atoms with van der Waals surface area (Å²) in [6.07, 6.45) is 4.53. The van der Waals surface area contributed by atoms with Crippen LogP contribution in [0.25, 0.3) is 0 Å². The summed E-state index contributed by atoms with van der Waals surface area (Å²) in [4.78, 5) is 0. The molecule has 1 heterocycles. The number of nitrogens with zero attached hydrogens (tertiary/aromatic N) is 2. The first kappa shape index (κ1) is 62.1. The second kappa shape index (κ2) is 20.8. The van der Waals surface area contributed by atoms with E-state index in [9.17, 15) is 0 Å². The molecule has 76 heavy (non-hydrogen) atoms. The van der Waals surface area contributed by atoms with Crippen molar-refractivity contribution < 1.29 is 4.57 Å². The molecule has 1 saturated carbocycles. The standard InChI is InChI=1S/C72H112N2OP/c1-63(2,3)51-33-47(34-52(41-51)64(4,5)6)61(48-35-53(65(7,8)9)42-54(36-48)66(10,11)12)71(25,26)45-73-59-31-29-30-32-60(59)74(76(73)75)46-72(27,28)62(49-37-55(67(13,14)15)43-56(38-49)68(16,17)18)50-39-57(69(19,20)21)44-58(40-50)70(22,23)24/h33-44,59-62H,29-32,45-46H2,1-28H3/q+1/t59-,60-/m1/s1. The molecule has 0 unspecified atom stereocenters. The normalized spacial score (nSPS) is 18.6. The second-order valence-corrected chi connectivity index (χ2v) is 35.6. The van der Waals surface area contributed by atoms with Crippen molar-refractivity contribution in [2.75, 3.05) is 13.1 Å². The van der Waals surface area contributed by atoms with Gasteiger partial charge in [-0.25, -0.2) is 0 Å². The maximum Gasteiger partial charge on any atom is 0.538 e. The van der Waals surface area contributed by atoms with E-state index in [1.807, 2.05) is 0 Å². The molecular formula is C72H112N2OP+. The van der Waals surface area contributed by atoms with Gasteiger partial charge in [-0.3, -0.25) is 0 Å². The van der Waals surface area contributed by atoms with Gasteiger partial charge in [0, 0.05) is 11.8 Å². The van der Waals surface area contributed by atoms with E-state index in [0.717, 1.165) is 25.9 Å². The van der Waals surface area contributed by atoms with Crippen molar-refractivity contribution in [3.8, 4) is 0 Å². The molecule has 0 spiro atoms. The minimum atomic E-state index is -1.88. The van der Waals surface area contributed by atoms with Crippen LogP contribution in [-0.2, 0) is 47.9 Å². The van der Waals surface area contributed by atoms with Gasteiger partial charge in [0.25, 0.3) is 0 Å². The highest BCUT2D eigenvalue weighted by atomic mass is 31.1. The molecule has 4 heteroatoms. The first-order valence-corrected chi connectivity index (χ1v) is 30.9. The Bertz CT molecular complexity index is 2260. The van der Waals surface area contributed by atoms with E-state index in [0.29, 0.717) is 0 Å². The van der Waals surface area contributed by atoms with Crippen LogP contribution in [0.15, 0.2) is 72.8 Å². The summed E-state index contributed by atoms with van der Waals surface area (Å²) in [5, 5.41) is 0. The predicted octanol–water partition coefficient (Wildman–Crippen LogP) is 20.7. The fraction of sp³-hybridized carbons (Fsp3) is 0.667. The van der Waals surface area contributed by atoms with Crippen LogP contribution in [0.3, 0.4) is 0 Å². The molecule has 0 amide bonds. The fourth-order valence-electron chi connectivity index (χ4n) is 12.5. The van der Waals surface area contributed by atoms with E-state index in [1.54, 1.807) is 0 Å². The van der Waals surface area contributed by atoms with Crippen LogP contribution in [0, 0.1) is 10.8 Å². The van der Waals surface area contributed by atoms with Crippen LogP contribution in [-0.4, -0.2) is 34.5 Å². The van der Waals surface area contributed by atoms with E-state index in [4.69, 9.17) is 0 Å². The molecule has 0 bridgehead atoms. The lowest BCUT2D eigenvalue weighted by Gasteiger charge is -2.40. The van der Waals surface area contributed by atoms with Gasteiger partial charge in [0.2, 0.25) is 0 Å². The summed E-state index contributed by atoms with van der Waals surface area (Å²) in [6.45, 7) is 68.3. The SMILES string of the molecule is CC(C)(C)c1cc(C(c2cc(C(C)(C)C)cc(C(C)(C)C)c2)C(C)(C)CN2[C@@H]3CCCC[C@H]3N(CC(C)(C)C(c3cc(C(C)(C)C)cc(C(C)(C)C)c3)c3cc(C(C)(C)C)cc(C(C)(C)C)c3)[P+]2=O)cc(C(C)(C)C)c1. The molecule has 420 valence electrons. The molecule has 0 N–H and O–H groups in total. The maximum absolute atomic E-state index is 16.3. The van der Waals surface area contributed by atoms with Gasteiger partial charge in [-0.1, -0.05) is 289 Å². The molecule has 2 atom stereocenters. The fourth-order valence-corrected chi connectivity index (χ4v) is 14.8. The minimum absolute atomic E-state index is 0.0297. The van der Waals surface area contributed by atoms with Crippen LogP contribution >= 0.6 is 8.10 Å². The molecule has 1 saturated heterocycles. The largest absolute Gasteiger partial charge is 0.538 e. The van der Waals surface area contributed by atoms with Crippen molar-refractivity contribution in [1.82, 2.24) is 9.34 Å². The Balaban J connectivity index is 1.56. The molecule has 4 aromatic rings. The predicted molar refractivity (Wildman–Crippen MR) is 334 cm³/mol. The third-order valence-corrected chi connectivity index (χ3v) is 19.4. The Kier molecular flexibility index (Phi) is 17.0. The molecular weight excluding hydrogens is 940 g/mol. The number of fused-ring (bicyclic) bond motifs is 1. The van der Waals surface area contributed by atoms with Gasteiger partial charge in [-0.2, -0.15) is 0 Å². The van der Waals surface area contributed by atoms with Gasteiger partial charge < -0.3 is 0 Å². The third-order valence-electron chi connectivity index (χ3n) is 17.7. The van der Waals surface area contributed by atoms with Crippen molar-refractivity contribution >= 4 is 8.10 Å². The quantitative estimate of drug-likeness (QED) is 0.148. The molecule has 4 aromatic carbocycles. The Hall–Kier alpha value is -3.10. The highest BCUT2D eigenvalue weighted by Gasteiger charge is 2.60. The van der Waals surface area contributed by atoms with Crippen LogP contribution in [0.4, 0.5) is 0 Å². The van der Waals surface area contributed by atoms with Crippen molar-refractivity contribution in [3.05, 3.63) is 140 Å². The number of benzene rings is 4. The summed E-state index contributed by atoms with van der Waals surface area (Å²) < 4.78 is 21.4. The van der Waals surface area contributed by atoms with E-state index >= 15 is 4.57 Å². The lowest BCUT2D eigenvalue weighted by molar-refractivity contribution is 0.140. The Labute approximate surface area is 469 Å². The topological polar surface area (TPSA) is 23.6 Å². The molecule has 1 aliphatic heterocycles. The van der Waals surface area contributed by atoms with Gasteiger partial charge in [-0.05, 0) is 138 Å². The van der Waals surface area contributed by atoms with Gasteiger partial charge in [0.05, 0.1) is 25.2 Å². The van der Waals surface area contributed by atoms with Crippen molar-refractivity contribution in [2.24, 2.45) is 10.8 Å². The molecule has 0 radical (unpaired) electrons. The number of rotatable bonds is 10. The van der Waals surface area contributed by atoms with Gasteiger partial charge in [0.1, 0.15) is 0 Å². The zero-order valence-electron chi connectivity index (χ0n) is 54.2. The van der Waals surface area contributed by atoms with Gasteiger partial charge in [-0.15, -0.1) is 0 Å². The van der Waals surface area contributed by atoms with Crippen LogP contribution in [0.1, 0.15) is 298 Å². The van der Waals surface area contributed by atoms with E-state index in [1.165, 1.54) is 79.6 Å². The molecule has 2 fully saturated rings. The Morgan fingerprint density at radius 2 is 0.500 bits per heavy atom. The van der Waals surface area contributed by atoms with Gasteiger partial charge in [0.15, 0.2) is 0 Å². The van der Waals surface area contributed by atoms with Crippen molar-refractivity contribution in [1.29, 1.82) is 0 Å². The second-order valence-electron chi connectivity index (χ2n) is 34.1. The van der Waals surface area contributed by atoms with E-state index in [2.05, 4.69) is 276 Å². The summed E-state index contributed by atoms with van der Waals surface area (Å²) in [7, 11) is -1.88. The molecule has 6 rings (SSSR count). The molecule has 3 nitrogen and oxygen atoms in total. The Morgan fingerprint density at radius 1 is 0.329 bits per heavy atom. The smallest absolute Gasteiger partial charge is 0.0736 e. The first-order chi connectivity index (χ1) is 34.1. The van der Waals surface area contributed by atoms with Crippen molar-refractivity contribution in [2.45, 2.75) is 287 Å². The highest BCUT2D eigenvalue weighted by Crippen LogP contribution is 2.57. The van der Waals surface area contributed by atoms with Crippen LogP contribution in [0.5, 0.6) is 0 Å². The third kappa shape index (κ3) is 13.9. The average Bonchev–Trinajstić information content (AvgIpc) is 3.48. The monoisotopic (exact) mass is 1050 g/mol. The lowest BCUT2D eigenvalue weighted by atomic mass is 9.67. The summed E-state index contributed by atoms with van der Waals surface area (Å²) in [6, 6.07) is 30.7. The zero-order valence-corrected chi connectivity index (χ0v) is 55.1. The van der Waals surface area contributed by atoms with Crippen molar-refractivity contribution in [3.63, 3.8) is 0 Å². The summed E-state index contributed by atoms with van der Waals surface area (Å²) in [5.41, 5.74) is 15.7. The van der Waals surface area contributed by atoms with Gasteiger partial charge >= 0.3 is 8.10 Å². The summed E-state index contributed by atoms with van der Waals surface area (Å²) >= 11 is 0. The van der Waals surface area contributed by atoms with E-state index < -0.39 is 8.10 Å².